The van der Waals surface area contributed by atoms with Crippen LogP contribution >= 0.6 is 31.9 Å². The number of anilines is 1. The summed E-state index contributed by atoms with van der Waals surface area (Å²) in [5, 5.41) is 13.1. The van der Waals surface area contributed by atoms with Gasteiger partial charge in [0.15, 0.2) is 0 Å². The van der Waals surface area contributed by atoms with E-state index in [0.717, 1.165) is 14.6 Å². The highest BCUT2D eigenvalue weighted by atomic mass is 79.9. The normalized spacial score (nSPS) is 13.7. The Kier molecular flexibility index (Phi) is 4.20. The monoisotopic (exact) mass is 335 g/mol. The summed E-state index contributed by atoms with van der Waals surface area (Å²) >= 11 is 6.94. The number of rotatable bonds is 3. The third-order valence-corrected chi connectivity index (χ3v) is 3.70. The van der Waals surface area contributed by atoms with E-state index in [1.807, 2.05) is 25.1 Å². The molecule has 0 aliphatic carbocycles. The van der Waals surface area contributed by atoms with Crippen molar-refractivity contribution in [3.63, 3.8) is 0 Å². The number of nitrogens with one attached hydrogen (secondary N) is 1. The minimum Gasteiger partial charge on any atom is -0.388 e. The Morgan fingerprint density at radius 3 is 2.13 bits per heavy atom. The molecule has 0 radical (unpaired) electrons. The van der Waals surface area contributed by atoms with Gasteiger partial charge in [0, 0.05) is 8.95 Å². The first-order valence-electron chi connectivity index (χ1n) is 4.75. The molecule has 1 rings (SSSR count). The van der Waals surface area contributed by atoms with E-state index in [-0.39, 0.29) is 6.04 Å². The van der Waals surface area contributed by atoms with E-state index in [4.69, 9.17) is 0 Å². The first kappa shape index (κ1) is 13.0. The van der Waals surface area contributed by atoms with Gasteiger partial charge in [-0.2, -0.15) is 0 Å². The fourth-order valence-electron chi connectivity index (χ4n) is 1.03. The van der Waals surface area contributed by atoms with Crippen molar-refractivity contribution in [3.05, 3.63) is 27.1 Å². The summed E-state index contributed by atoms with van der Waals surface area (Å²) in [4.78, 5) is 0. The molecule has 0 saturated carbocycles. The molecular formula is C11H15Br2NO. The van der Waals surface area contributed by atoms with Gasteiger partial charge in [0.2, 0.25) is 0 Å². The molecule has 0 aliphatic heterocycles. The predicted octanol–water partition coefficient (Wildman–Crippen LogP) is 3.78. The van der Waals surface area contributed by atoms with Gasteiger partial charge in [0.1, 0.15) is 0 Å². The van der Waals surface area contributed by atoms with E-state index in [1.165, 1.54) is 0 Å². The van der Waals surface area contributed by atoms with Crippen LogP contribution in [0.15, 0.2) is 27.1 Å². The zero-order chi connectivity index (χ0) is 11.6. The zero-order valence-corrected chi connectivity index (χ0v) is 12.2. The van der Waals surface area contributed by atoms with Crippen molar-refractivity contribution in [1.82, 2.24) is 0 Å². The summed E-state index contributed by atoms with van der Waals surface area (Å²) in [6.07, 6.45) is 0. The van der Waals surface area contributed by atoms with E-state index in [1.54, 1.807) is 13.8 Å². The van der Waals surface area contributed by atoms with Crippen molar-refractivity contribution in [2.45, 2.75) is 32.4 Å². The third-order valence-electron chi connectivity index (χ3n) is 2.38. The lowest BCUT2D eigenvalue weighted by Gasteiger charge is -2.28. The highest BCUT2D eigenvalue weighted by Crippen LogP contribution is 2.32. The van der Waals surface area contributed by atoms with Crippen LogP contribution in [0.1, 0.15) is 20.8 Å². The van der Waals surface area contributed by atoms with Crippen molar-refractivity contribution in [3.8, 4) is 0 Å². The fraction of sp³-hybridized carbons (Fsp3) is 0.455. The quantitative estimate of drug-likeness (QED) is 0.880. The standard InChI is InChI=1S/C11H15Br2NO/c1-7(11(2,3)15)14-10-8(12)5-4-6-9(10)13/h4-7,14-15H,1-3H3. The second-order valence-electron chi connectivity index (χ2n) is 4.12. The SMILES string of the molecule is CC(Nc1c(Br)cccc1Br)C(C)(C)O. The lowest BCUT2D eigenvalue weighted by atomic mass is 10.0. The van der Waals surface area contributed by atoms with Crippen LogP contribution < -0.4 is 5.32 Å². The molecule has 2 nitrogen and oxygen atoms in total. The van der Waals surface area contributed by atoms with Crippen molar-refractivity contribution < 1.29 is 5.11 Å². The van der Waals surface area contributed by atoms with Crippen LogP contribution in [0, 0.1) is 0 Å². The maximum Gasteiger partial charge on any atom is 0.0789 e. The number of hydrogen-bond donors (Lipinski definition) is 2. The molecule has 0 saturated heterocycles. The molecule has 1 unspecified atom stereocenters. The number of para-hydroxylation sites is 1. The predicted molar refractivity (Wildman–Crippen MR) is 71.2 cm³/mol. The molecule has 1 atom stereocenters. The third kappa shape index (κ3) is 3.47. The van der Waals surface area contributed by atoms with E-state index >= 15 is 0 Å². The largest absolute Gasteiger partial charge is 0.388 e. The van der Waals surface area contributed by atoms with Gasteiger partial charge in [0.25, 0.3) is 0 Å². The lowest BCUT2D eigenvalue weighted by Crippen LogP contribution is -2.39. The molecule has 0 spiro atoms. The average molecular weight is 337 g/mol. The maximum atomic E-state index is 9.84. The molecule has 15 heavy (non-hydrogen) atoms. The number of aliphatic hydroxyl groups is 1. The Hall–Kier alpha value is -0.0600. The average Bonchev–Trinajstić information content (AvgIpc) is 2.09. The Morgan fingerprint density at radius 1 is 1.27 bits per heavy atom. The van der Waals surface area contributed by atoms with Crippen LogP contribution in [-0.2, 0) is 0 Å². The second kappa shape index (κ2) is 4.85. The maximum absolute atomic E-state index is 9.84. The van der Waals surface area contributed by atoms with Crippen LogP contribution in [0.2, 0.25) is 0 Å². The molecule has 2 N–H and O–H groups in total. The van der Waals surface area contributed by atoms with Gasteiger partial charge in [-0.05, 0) is 64.8 Å². The first-order chi connectivity index (χ1) is 6.82. The van der Waals surface area contributed by atoms with Crippen molar-refractivity contribution in [2.75, 3.05) is 5.32 Å². The first-order valence-corrected chi connectivity index (χ1v) is 6.34. The number of hydrogen-bond acceptors (Lipinski definition) is 2. The summed E-state index contributed by atoms with van der Waals surface area (Å²) in [5.74, 6) is 0. The summed E-state index contributed by atoms with van der Waals surface area (Å²) < 4.78 is 1.96. The van der Waals surface area contributed by atoms with E-state index in [9.17, 15) is 5.11 Å². The van der Waals surface area contributed by atoms with Gasteiger partial charge in [-0.1, -0.05) is 6.07 Å². The lowest BCUT2D eigenvalue weighted by molar-refractivity contribution is 0.0649. The number of halogens is 2. The molecule has 1 aromatic carbocycles. The molecule has 0 bridgehead atoms. The highest BCUT2D eigenvalue weighted by molar-refractivity contribution is 9.11. The molecule has 0 heterocycles. The highest BCUT2D eigenvalue weighted by Gasteiger charge is 2.23. The minimum atomic E-state index is -0.755. The number of benzene rings is 1. The van der Waals surface area contributed by atoms with Gasteiger partial charge in [-0.3, -0.25) is 0 Å². The molecule has 1 aromatic rings. The van der Waals surface area contributed by atoms with Gasteiger partial charge in [-0.15, -0.1) is 0 Å². The minimum absolute atomic E-state index is 0.0347. The van der Waals surface area contributed by atoms with Crippen LogP contribution in [0.4, 0.5) is 5.69 Å². The topological polar surface area (TPSA) is 32.3 Å². The summed E-state index contributed by atoms with van der Waals surface area (Å²) in [6, 6.07) is 5.84. The van der Waals surface area contributed by atoms with Crippen LogP contribution in [0.25, 0.3) is 0 Å². The molecule has 0 fully saturated rings. The van der Waals surface area contributed by atoms with Gasteiger partial charge in [-0.25, -0.2) is 0 Å². The Morgan fingerprint density at radius 2 is 1.73 bits per heavy atom. The molecule has 84 valence electrons. The van der Waals surface area contributed by atoms with Gasteiger partial charge < -0.3 is 10.4 Å². The van der Waals surface area contributed by atoms with Crippen LogP contribution in [-0.4, -0.2) is 16.7 Å². The smallest absolute Gasteiger partial charge is 0.0789 e. The summed E-state index contributed by atoms with van der Waals surface area (Å²) in [6.45, 7) is 5.52. The molecule has 0 aromatic heterocycles. The van der Waals surface area contributed by atoms with E-state index < -0.39 is 5.60 Å². The Labute approximate surface area is 107 Å². The summed E-state index contributed by atoms with van der Waals surface area (Å²) in [7, 11) is 0. The van der Waals surface area contributed by atoms with Crippen molar-refractivity contribution >= 4 is 37.5 Å². The van der Waals surface area contributed by atoms with Gasteiger partial charge in [0.05, 0.1) is 17.3 Å². The Bertz CT molecular complexity index is 327. The fourth-order valence-corrected chi connectivity index (χ4v) is 2.26. The molecule has 4 heteroatoms. The summed E-state index contributed by atoms with van der Waals surface area (Å²) in [5.41, 5.74) is 0.210. The van der Waals surface area contributed by atoms with Crippen LogP contribution in [0.5, 0.6) is 0 Å². The van der Waals surface area contributed by atoms with E-state index in [2.05, 4.69) is 37.2 Å². The zero-order valence-electron chi connectivity index (χ0n) is 9.01. The van der Waals surface area contributed by atoms with E-state index in [0.29, 0.717) is 0 Å². The molecule has 0 aliphatic rings. The van der Waals surface area contributed by atoms with Gasteiger partial charge >= 0.3 is 0 Å². The Balaban J connectivity index is 2.90. The second-order valence-corrected chi connectivity index (χ2v) is 5.83. The molecular weight excluding hydrogens is 322 g/mol. The van der Waals surface area contributed by atoms with Crippen molar-refractivity contribution in [1.29, 1.82) is 0 Å². The van der Waals surface area contributed by atoms with Crippen LogP contribution in [0.3, 0.4) is 0 Å². The molecule has 0 amide bonds. The van der Waals surface area contributed by atoms with Crippen molar-refractivity contribution in [2.24, 2.45) is 0 Å².